The van der Waals surface area contributed by atoms with Crippen LogP contribution in [-0.4, -0.2) is 30.1 Å². The highest BCUT2D eigenvalue weighted by atomic mass is 16.6. The monoisotopic (exact) mass is 476 g/mol. The first-order valence-corrected chi connectivity index (χ1v) is 10.6. The minimum atomic E-state index is -0.886. The van der Waals surface area contributed by atoms with Crippen LogP contribution in [-0.2, 0) is 22.7 Å². The van der Waals surface area contributed by atoms with Crippen molar-refractivity contribution < 1.29 is 24.0 Å². The summed E-state index contributed by atoms with van der Waals surface area (Å²) in [6, 6.07) is 18.9. The van der Waals surface area contributed by atoms with Gasteiger partial charge in [0.05, 0.1) is 18.2 Å². The predicted octanol–water partition coefficient (Wildman–Crippen LogP) is 3.26. The van der Waals surface area contributed by atoms with Gasteiger partial charge >= 0.3 is 11.8 Å². The maximum absolute atomic E-state index is 12.0. The number of nitrogens with one attached hydrogen (secondary N) is 2. The van der Waals surface area contributed by atoms with Crippen LogP contribution in [0.1, 0.15) is 22.3 Å². The Morgan fingerprint density at radius 1 is 1.06 bits per heavy atom. The number of benzene rings is 3. The van der Waals surface area contributed by atoms with E-state index < -0.39 is 16.7 Å². The molecule has 180 valence electrons. The molecule has 3 rings (SSSR count). The fourth-order valence-corrected chi connectivity index (χ4v) is 3.15. The van der Waals surface area contributed by atoms with Crippen LogP contribution >= 0.6 is 0 Å². The van der Waals surface area contributed by atoms with Crippen LogP contribution < -0.4 is 20.2 Å². The van der Waals surface area contributed by atoms with E-state index in [1.165, 1.54) is 25.5 Å². The molecule has 3 aromatic carbocycles. The molecule has 0 aliphatic heterocycles. The number of aryl methyl sites for hydroxylation is 1. The van der Waals surface area contributed by atoms with Crippen molar-refractivity contribution in [2.24, 2.45) is 5.10 Å². The fraction of sp³-hybridized carbons (Fsp3) is 0.160. The molecule has 0 saturated carbocycles. The SMILES string of the molecule is COc1ccc(/C=N/NC(=O)C(=O)NCc2ccccc2)cc1COc1ccc([N+](=O)[O-])c(C)c1. The van der Waals surface area contributed by atoms with Crippen molar-refractivity contribution in [1.82, 2.24) is 10.7 Å². The van der Waals surface area contributed by atoms with E-state index >= 15 is 0 Å². The van der Waals surface area contributed by atoms with Crippen LogP contribution in [0.4, 0.5) is 5.69 Å². The first kappa shape index (κ1) is 24.9. The Morgan fingerprint density at radius 2 is 1.83 bits per heavy atom. The van der Waals surface area contributed by atoms with Gasteiger partial charge in [0.1, 0.15) is 18.1 Å². The van der Waals surface area contributed by atoms with E-state index in [9.17, 15) is 19.7 Å². The van der Waals surface area contributed by atoms with Gasteiger partial charge in [-0.1, -0.05) is 30.3 Å². The minimum absolute atomic E-state index is 0.0175. The number of nitro benzene ring substituents is 1. The number of hydrogen-bond donors (Lipinski definition) is 2. The summed E-state index contributed by atoms with van der Waals surface area (Å²) < 4.78 is 11.1. The lowest BCUT2D eigenvalue weighted by atomic mass is 10.1. The lowest BCUT2D eigenvalue weighted by Crippen LogP contribution is -2.37. The maximum atomic E-state index is 12.0. The molecule has 0 radical (unpaired) electrons. The number of rotatable bonds is 9. The molecule has 10 nitrogen and oxygen atoms in total. The second-order valence-corrected chi connectivity index (χ2v) is 7.43. The average Bonchev–Trinajstić information content (AvgIpc) is 2.86. The summed E-state index contributed by atoms with van der Waals surface area (Å²) in [5.74, 6) is -0.635. The van der Waals surface area contributed by atoms with Gasteiger partial charge in [-0.3, -0.25) is 19.7 Å². The van der Waals surface area contributed by atoms with Crippen molar-refractivity contribution in [3.63, 3.8) is 0 Å². The predicted molar refractivity (Wildman–Crippen MR) is 129 cm³/mol. The van der Waals surface area contributed by atoms with Gasteiger partial charge in [0.15, 0.2) is 0 Å². The Balaban J connectivity index is 1.58. The quantitative estimate of drug-likeness (QED) is 0.211. The highest BCUT2D eigenvalue weighted by Crippen LogP contribution is 2.25. The third kappa shape index (κ3) is 7.13. The molecule has 0 heterocycles. The Hall–Kier alpha value is -4.73. The van der Waals surface area contributed by atoms with Crippen molar-refractivity contribution in [2.45, 2.75) is 20.1 Å². The number of hydrogen-bond acceptors (Lipinski definition) is 7. The smallest absolute Gasteiger partial charge is 0.329 e. The van der Waals surface area contributed by atoms with Gasteiger partial charge in [-0.2, -0.15) is 5.10 Å². The van der Waals surface area contributed by atoms with Crippen molar-refractivity contribution in [1.29, 1.82) is 0 Å². The normalized spacial score (nSPS) is 10.6. The van der Waals surface area contributed by atoms with Gasteiger partial charge < -0.3 is 14.8 Å². The molecule has 0 fully saturated rings. The van der Waals surface area contributed by atoms with Crippen LogP contribution in [0.25, 0.3) is 0 Å². The van der Waals surface area contributed by atoms with E-state index in [-0.39, 0.29) is 18.8 Å². The summed E-state index contributed by atoms with van der Waals surface area (Å²) in [5, 5.41) is 17.3. The van der Waals surface area contributed by atoms with Gasteiger partial charge in [-0.15, -0.1) is 0 Å². The Morgan fingerprint density at radius 3 is 2.51 bits per heavy atom. The Bertz CT molecular complexity index is 1240. The van der Waals surface area contributed by atoms with Crippen LogP contribution in [0.3, 0.4) is 0 Å². The number of amides is 2. The average molecular weight is 476 g/mol. The zero-order valence-electron chi connectivity index (χ0n) is 19.2. The Kier molecular flexibility index (Phi) is 8.49. The topological polar surface area (TPSA) is 132 Å². The van der Waals surface area contributed by atoms with Crippen LogP contribution in [0, 0.1) is 17.0 Å². The molecule has 0 aliphatic carbocycles. The fourth-order valence-electron chi connectivity index (χ4n) is 3.15. The molecule has 0 saturated heterocycles. The second kappa shape index (κ2) is 11.9. The molecule has 2 N–H and O–H groups in total. The number of nitro groups is 1. The Labute approximate surface area is 201 Å². The summed E-state index contributed by atoms with van der Waals surface area (Å²) in [7, 11) is 1.52. The van der Waals surface area contributed by atoms with Crippen LogP contribution in [0.15, 0.2) is 71.8 Å². The lowest BCUT2D eigenvalue weighted by molar-refractivity contribution is -0.385. The third-order valence-corrected chi connectivity index (χ3v) is 4.95. The molecule has 0 spiro atoms. The summed E-state index contributed by atoms with van der Waals surface area (Å²) in [5.41, 5.74) is 4.90. The molecule has 0 unspecified atom stereocenters. The zero-order chi connectivity index (χ0) is 25.2. The molecule has 0 aromatic heterocycles. The van der Waals surface area contributed by atoms with Crippen LogP contribution in [0.2, 0.25) is 0 Å². The number of nitrogens with zero attached hydrogens (tertiary/aromatic N) is 2. The third-order valence-electron chi connectivity index (χ3n) is 4.95. The van der Waals surface area contributed by atoms with Crippen molar-refractivity contribution in [3.8, 4) is 11.5 Å². The molecule has 0 bridgehead atoms. The van der Waals surface area contributed by atoms with E-state index in [0.29, 0.717) is 28.2 Å². The van der Waals surface area contributed by atoms with Crippen LogP contribution in [0.5, 0.6) is 11.5 Å². The van der Waals surface area contributed by atoms with Gasteiger partial charge in [-0.25, -0.2) is 5.43 Å². The molecule has 10 heteroatoms. The molecule has 2 amide bonds. The standard InChI is InChI=1S/C25H24N4O6/c1-17-12-21(9-10-22(17)29(32)33)35-16-20-13-19(8-11-23(20)34-2)15-27-28-25(31)24(30)26-14-18-6-4-3-5-7-18/h3-13,15H,14,16H2,1-2H3,(H,26,30)(H,28,31)/b27-15+. The van der Waals surface area contributed by atoms with E-state index in [0.717, 1.165) is 5.56 Å². The van der Waals surface area contributed by atoms with Gasteiger partial charge in [0, 0.05) is 23.7 Å². The summed E-state index contributed by atoms with van der Waals surface area (Å²) in [6.45, 7) is 2.00. The largest absolute Gasteiger partial charge is 0.496 e. The first-order valence-electron chi connectivity index (χ1n) is 10.6. The van der Waals surface area contributed by atoms with Crippen molar-refractivity contribution in [3.05, 3.63) is 99.1 Å². The molecular formula is C25H24N4O6. The highest BCUT2D eigenvalue weighted by molar-refractivity contribution is 6.35. The first-order chi connectivity index (χ1) is 16.9. The van der Waals surface area contributed by atoms with Gasteiger partial charge in [-0.05, 0) is 48.4 Å². The second-order valence-electron chi connectivity index (χ2n) is 7.43. The van der Waals surface area contributed by atoms with E-state index in [4.69, 9.17) is 9.47 Å². The number of hydrazone groups is 1. The maximum Gasteiger partial charge on any atom is 0.329 e. The highest BCUT2D eigenvalue weighted by Gasteiger charge is 2.13. The van der Waals surface area contributed by atoms with E-state index in [1.807, 2.05) is 30.3 Å². The number of carbonyl (C=O) groups is 2. The molecular weight excluding hydrogens is 452 g/mol. The van der Waals surface area contributed by atoms with E-state index in [2.05, 4.69) is 15.8 Å². The molecule has 0 aliphatic rings. The number of ether oxygens (including phenoxy) is 2. The van der Waals surface area contributed by atoms with Crippen molar-refractivity contribution >= 4 is 23.7 Å². The lowest BCUT2D eigenvalue weighted by Gasteiger charge is -2.11. The zero-order valence-corrected chi connectivity index (χ0v) is 19.2. The van der Waals surface area contributed by atoms with E-state index in [1.54, 1.807) is 31.2 Å². The van der Waals surface area contributed by atoms with Gasteiger partial charge in [0.25, 0.3) is 5.69 Å². The molecule has 0 atom stereocenters. The van der Waals surface area contributed by atoms with Gasteiger partial charge in [0.2, 0.25) is 0 Å². The minimum Gasteiger partial charge on any atom is -0.496 e. The van der Waals surface area contributed by atoms with Crippen molar-refractivity contribution in [2.75, 3.05) is 7.11 Å². The summed E-state index contributed by atoms with van der Waals surface area (Å²) in [4.78, 5) is 34.4. The number of methoxy groups -OCH3 is 1. The summed E-state index contributed by atoms with van der Waals surface area (Å²) >= 11 is 0. The number of carbonyl (C=O) groups excluding carboxylic acids is 2. The molecule has 3 aromatic rings. The molecule has 35 heavy (non-hydrogen) atoms. The summed E-state index contributed by atoms with van der Waals surface area (Å²) in [6.07, 6.45) is 1.39.